The summed E-state index contributed by atoms with van der Waals surface area (Å²) in [6.45, 7) is 1.73. The number of hydrogen-bond acceptors (Lipinski definition) is 2. The van der Waals surface area contributed by atoms with Gasteiger partial charge < -0.3 is 5.32 Å². The molecule has 20 heavy (non-hydrogen) atoms. The van der Waals surface area contributed by atoms with Crippen molar-refractivity contribution in [2.45, 2.75) is 13.3 Å². The number of aryl methyl sites for hydroxylation is 1. The van der Waals surface area contributed by atoms with Crippen molar-refractivity contribution in [2.75, 3.05) is 5.32 Å². The van der Waals surface area contributed by atoms with Gasteiger partial charge in [-0.05, 0) is 47.1 Å². The third-order valence-corrected chi connectivity index (χ3v) is 3.17. The van der Waals surface area contributed by atoms with Gasteiger partial charge in [0.1, 0.15) is 16.2 Å². The lowest BCUT2D eigenvalue weighted by Gasteiger charge is -2.09. The van der Waals surface area contributed by atoms with Crippen LogP contribution in [-0.4, -0.2) is 10.9 Å². The van der Waals surface area contributed by atoms with Crippen molar-refractivity contribution in [2.24, 2.45) is 0 Å². The van der Waals surface area contributed by atoms with Crippen LogP contribution in [0, 0.1) is 18.6 Å². The van der Waals surface area contributed by atoms with Gasteiger partial charge >= 0.3 is 0 Å². The number of carbonyl (C=O) groups excluding carboxylic acids is 1. The van der Waals surface area contributed by atoms with Crippen LogP contribution in [0.3, 0.4) is 0 Å². The fraction of sp³-hybridized carbons (Fsp3) is 0.143. The van der Waals surface area contributed by atoms with Crippen LogP contribution in [0.4, 0.5) is 14.5 Å². The van der Waals surface area contributed by atoms with E-state index in [-0.39, 0.29) is 12.0 Å². The molecule has 3 nitrogen and oxygen atoms in total. The molecule has 0 fully saturated rings. The van der Waals surface area contributed by atoms with Crippen molar-refractivity contribution in [3.05, 3.63) is 57.8 Å². The Hall–Kier alpha value is -1.82. The summed E-state index contributed by atoms with van der Waals surface area (Å²) < 4.78 is 27.5. The van der Waals surface area contributed by atoms with Gasteiger partial charge in [-0.25, -0.2) is 13.8 Å². The third kappa shape index (κ3) is 3.39. The number of halogens is 3. The molecule has 0 radical (unpaired) electrons. The number of anilines is 1. The molecule has 0 aliphatic rings. The zero-order valence-electron chi connectivity index (χ0n) is 10.6. The lowest BCUT2D eigenvalue weighted by molar-refractivity contribution is -0.115. The standard InChI is InChI=1S/C14H11BrF2N2O/c1-8-12(5-6-13(15)18-8)19-14(20)7-9-10(16)3-2-4-11(9)17/h2-6H,7H2,1H3,(H,19,20). The molecule has 0 atom stereocenters. The van der Waals surface area contributed by atoms with Crippen LogP contribution >= 0.6 is 15.9 Å². The molecule has 0 unspecified atom stereocenters. The number of carbonyl (C=O) groups is 1. The molecule has 1 amide bonds. The molecule has 104 valence electrons. The number of nitrogens with one attached hydrogen (secondary N) is 1. The first kappa shape index (κ1) is 14.6. The van der Waals surface area contributed by atoms with Crippen LogP contribution < -0.4 is 5.32 Å². The zero-order valence-corrected chi connectivity index (χ0v) is 12.2. The van der Waals surface area contributed by atoms with E-state index in [1.807, 2.05) is 0 Å². The second-order valence-electron chi connectivity index (χ2n) is 4.19. The minimum Gasteiger partial charge on any atom is -0.324 e. The molecule has 6 heteroatoms. The van der Waals surface area contributed by atoms with Crippen molar-refractivity contribution in [3.8, 4) is 0 Å². The van der Waals surface area contributed by atoms with Gasteiger partial charge in [-0.3, -0.25) is 4.79 Å². The molecule has 0 saturated heterocycles. The van der Waals surface area contributed by atoms with Crippen LogP contribution in [0.25, 0.3) is 0 Å². The lowest BCUT2D eigenvalue weighted by Crippen LogP contribution is -2.17. The Bertz CT molecular complexity index is 641. The smallest absolute Gasteiger partial charge is 0.229 e. The number of pyridine rings is 1. The molecular formula is C14H11BrF2N2O. The molecule has 2 aromatic rings. The van der Waals surface area contributed by atoms with Gasteiger partial charge in [-0.15, -0.1) is 0 Å². The first-order valence-electron chi connectivity index (χ1n) is 5.83. The van der Waals surface area contributed by atoms with E-state index in [1.54, 1.807) is 19.1 Å². The van der Waals surface area contributed by atoms with Gasteiger partial charge in [-0.1, -0.05) is 6.07 Å². The summed E-state index contributed by atoms with van der Waals surface area (Å²) in [4.78, 5) is 16.0. The summed E-state index contributed by atoms with van der Waals surface area (Å²) in [5, 5.41) is 2.58. The van der Waals surface area contributed by atoms with Crippen molar-refractivity contribution < 1.29 is 13.6 Å². The summed E-state index contributed by atoms with van der Waals surface area (Å²) in [6.07, 6.45) is -0.367. The monoisotopic (exact) mass is 340 g/mol. The number of nitrogens with zero attached hydrogens (tertiary/aromatic N) is 1. The maximum atomic E-state index is 13.4. The van der Waals surface area contributed by atoms with Gasteiger partial charge in [0, 0.05) is 5.56 Å². The van der Waals surface area contributed by atoms with E-state index in [0.29, 0.717) is 16.0 Å². The normalized spacial score (nSPS) is 10.4. The van der Waals surface area contributed by atoms with E-state index >= 15 is 0 Å². The Balaban J connectivity index is 2.13. The minimum absolute atomic E-state index is 0.243. The van der Waals surface area contributed by atoms with Gasteiger partial charge in [0.05, 0.1) is 17.8 Å². The van der Waals surface area contributed by atoms with Crippen LogP contribution in [0.1, 0.15) is 11.3 Å². The highest BCUT2D eigenvalue weighted by atomic mass is 79.9. The quantitative estimate of drug-likeness (QED) is 0.867. The first-order valence-corrected chi connectivity index (χ1v) is 6.62. The van der Waals surface area contributed by atoms with Crippen molar-refractivity contribution in [3.63, 3.8) is 0 Å². The van der Waals surface area contributed by atoms with E-state index < -0.39 is 17.5 Å². The van der Waals surface area contributed by atoms with Crippen LogP contribution in [0.15, 0.2) is 34.9 Å². The van der Waals surface area contributed by atoms with E-state index in [4.69, 9.17) is 0 Å². The van der Waals surface area contributed by atoms with Crippen LogP contribution in [0.5, 0.6) is 0 Å². The average molecular weight is 341 g/mol. The topological polar surface area (TPSA) is 42.0 Å². The minimum atomic E-state index is -0.731. The Labute approximate surface area is 123 Å². The fourth-order valence-corrected chi connectivity index (χ4v) is 2.12. The van der Waals surface area contributed by atoms with Gasteiger partial charge in [0.2, 0.25) is 5.91 Å². The van der Waals surface area contributed by atoms with E-state index in [2.05, 4.69) is 26.2 Å². The predicted molar refractivity (Wildman–Crippen MR) is 75.4 cm³/mol. The van der Waals surface area contributed by atoms with Crippen LogP contribution in [0.2, 0.25) is 0 Å². The maximum Gasteiger partial charge on any atom is 0.229 e. The number of rotatable bonds is 3. The lowest BCUT2D eigenvalue weighted by atomic mass is 10.1. The highest BCUT2D eigenvalue weighted by Crippen LogP contribution is 2.18. The summed E-state index contributed by atoms with van der Waals surface area (Å²) in [5.74, 6) is -1.96. The molecule has 2 rings (SSSR count). The van der Waals surface area contributed by atoms with Crippen molar-refractivity contribution in [1.29, 1.82) is 0 Å². The Morgan fingerprint density at radius 2 is 1.90 bits per heavy atom. The second kappa shape index (κ2) is 6.09. The molecule has 1 aromatic carbocycles. The molecule has 0 aliphatic carbocycles. The Morgan fingerprint density at radius 1 is 1.25 bits per heavy atom. The molecule has 0 spiro atoms. The predicted octanol–water partition coefficient (Wildman–Crippen LogP) is 3.61. The molecule has 0 saturated carbocycles. The Morgan fingerprint density at radius 3 is 2.50 bits per heavy atom. The molecule has 1 aromatic heterocycles. The molecular weight excluding hydrogens is 330 g/mol. The zero-order chi connectivity index (χ0) is 14.7. The maximum absolute atomic E-state index is 13.4. The van der Waals surface area contributed by atoms with Crippen LogP contribution in [-0.2, 0) is 11.2 Å². The first-order chi connectivity index (χ1) is 9.47. The number of aromatic nitrogens is 1. The van der Waals surface area contributed by atoms with Crippen molar-refractivity contribution >= 4 is 27.5 Å². The third-order valence-electron chi connectivity index (χ3n) is 2.72. The van der Waals surface area contributed by atoms with E-state index in [1.165, 1.54) is 6.07 Å². The largest absolute Gasteiger partial charge is 0.324 e. The summed E-state index contributed by atoms with van der Waals surface area (Å²) in [7, 11) is 0. The van der Waals surface area contributed by atoms with E-state index in [9.17, 15) is 13.6 Å². The fourth-order valence-electron chi connectivity index (χ4n) is 1.72. The van der Waals surface area contributed by atoms with Crippen molar-refractivity contribution in [1.82, 2.24) is 4.98 Å². The molecule has 1 N–H and O–H groups in total. The summed E-state index contributed by atoms with van der Waals surface area (Å²) in [5.41, 5.74) is 0.879. The number of amides is 1. The molecule has 1 heterocycles. The second-order valence-corrected chi connectivity index (χ2v) is 5.00. The summed E-state index contributed by atoms with van der Waals surface area (Å²) >= 11 is 3.21. The molecule has 0 aliphatic heterocycles. The van der Waals surface area contributed by atoms with Gasteiger partial charge in [-0.2, -0.15) is 0 Å². The number of benzene rings is 1. The number of hydrogen-bond donors (Lipinski definition) is 1. The Kier molecular flexibility index (Phi) is 4.44. The SMILES string of the molecule is Cc1nc(Br)ccc1NC(=O)Cc1c(F)cccc1F. The highest BCUT2D eigenvalue weighted by Gasteiger charge is 2.14. The average Bonchev–Trinajstić information content (AvgIpc) is 2.37. The summed E-state index contributed by atoms with van der Waals surface area (Å²) in [6, 6.07) is 6.85. The van der Waals surface area contributed by atoms with Gasteiger partial charge in [0.15, 0.2) is 0 Å². The van der Waals surface area contributed by atoms with Gasteiger partial charge in [0.25, 0.3) is 0 Å². The molecule has 0 bridgehead atoms. The highest BCUT2D eigenvalue weighted by molar-refractivity contribution is 9.10. The van der Waals surface area contributed by atoms with E-state index in [0.717, 1.165) is 12.1 Å².